The van der Waals surface area contributed by atoms with Crippen LogP contribution in [0, 0.1) is 25.6 Å². The molecule has 2 aromatic heterocycles. The van der Waals surface area contributed by atoms with Crippen LogP contribution in [0.15, 0.2) is 24.3 Å². The Kier molecular flexibility index (Phi) is 6.84. The summed E-state index contributed by atoms with van der Waals surface area (Å²) in [5.41, 5.74) is 1.39. The molecule has 1 N–H and O–H groups in total. The number of ether oxygens (including phenoxy) is 1. The number of aromatic nitrogens is 3. The Morgan fingerprint density at radius 1 is 1.11 bits per heavy atom. The highest BCUT2D eigenvalue weighted by molar-refractivity contribution is 5.93. The van der Waals surface area contributed by atoms with E-state index in [0.717, 1.165) is 17.4 Å². The fraction of sp³-hybridized carbons (Fsp3) is 0.462. The second kappa shape index (κ2) is 9.97. The Hall–Kier alpha value is -3.54. The highest BCUT2D eigenvalue weighted by Crippen LogP contribution is 2.36. The predicted octanol–water partition coefficient (Wildman–Crippen LogP) is 4.27. The van der Waals surface area contributed by atoms with E-state index in [9.17, 15) is 22.4 Å². The number of piperazine rings is 1. The van der Waals surface area contributed by atoms with Crippen molar-refractivity contribution < 1.29 is 27.1 Å². The Bertz CT molecular complexity index is 1370. The van der Waals surface area contributed by atoms with E-state index in [-0.39, 0.29) is 17.4 Å². The first-order valence-electron chi connectivity index (χ1n) is 12.4. The van der Waals surface area contributed by atoms with Crippen molar-refractivity contribution in [3.05, 3.63) is 52.6 Å². The predicted molar refractivity (Wildman–Crippen MR) is 133 cm³/mol. The number of carbonyl (C=O) groups is 1. The molecule has 5 rings (SSSR count). The van der Waals surface area contributed by atoms with E-state index in [2.05, 4.69) is 20.4 Å². The van der Waals surface area contributed by atoms with Crippen molar-refractivity contribution in [2.45, 2.75) is 33.0 Å². The maximum absolute atomic E-state index is 14.8. The van der Waals surface area contributed by atoms with Gasteiger partial charge >= 0.3 is 6.18 Å². The maximum atomic E-state index is 14.8. The van der Waals surface area contributed by atoms with E-state index in [4.69, 9.17) is 9.72 Å². The van der Waals surface area contributed by atoms with E-state index in [0.29, 0.717) is 61.8 Å². The van der Waals surface area contributed by atoms with Gasteiger partial charge in [-0.25, -0.2) is 9.37 Å². The van der Waals surface area contributed by atoms with Gasteiger partial charge in [0, 0.05) is 37.1 Å². The summed E-state index contributed by atoms with van der Waals surface area (Å²) in [6.07, 6.45) is -4.80. The zero-order valence-electron chi connectivity index (χ0n) is 21.3. The number of fused-ring (bicyclic) bond motifs is 1. The molecule has 1 aromatic carbocycles. The smallest absolute Gasteiger partial charge is 0.380 e. The first-order valence-corrected chi connectivity index (χ1v) is 12.4. The number of nitrogens with zero attached hydrogens (tertiary/aromatic N) is 5. The number of alkyl halides is 3. The van der Waals surface area contributed by atoms with E-state index in [1.165, 1.54) is 12.1 Å². The molecule has 1 amide bonds. The first kappa shape index (κ1) is 26.1. The van der Waals surface area contributed by atoms with Gasteiger partial charge in [-0.2, -0.15) is 18.3 Å². The number of amides is 1. The van der Waals surface area contributed by atoms with Gasteiger partial charge in [0.25, 0.3) is 0 Å². The van der Waals surface area contributed by atoms with Gasteiger partial charge < -0.3 is 19.9 Å². The number of nitrogens with one attached hydrogen (secondary N) is 1. The summed E-state index contributed by atoms with van der Waals surface area (Å²) in [7, 11) is 0. The number of benzene rings is 1. The quantitative estimate of drug-likeness (QED) is 0.492. The first-order chi connectivity index (χ1) is 18.0. The molecule has 2 saturated heterocycles. The zero-order valence-corrected chi connectivity index (χ0v) is 21.3. The Balaban J connectivity index is 1.42. The van der Waals surface area contributed by atoms with Gasteiger partial charge in [0.05, 0.1) is 53.3 Å². The normalized spacial score (nSPS) is 17.4. The van der Waals surface area contributed by atoms with Crippen LogP contribution in [-0.4, -0.2) is 65.4 Å². The topological polar surface area (TPSA) is 83.5 Å². The third-order valence-electron chi connectivity index (χ3n) is 7.16. The van der Waals surface area contributed by atoms with Crippen molar-refractivity contribution in [3.8, 4) is 0 Å². The molecule has 8 nitrogen and oxygen atoms in total. The summed E-state index contributed by atoms with van der Waals surface area (Å²) in [6.45, 7) is 8.60. The molecule has 12 heteroatoms. The lowest BCUT2D eigenvalue weighted by molar-refractivity contribution is -0.150. The summed E-state index contributed by atoms with van der Waals surface area (Å²) in [5.74, 6) is -0.954. The van der Waals surface area contributed by atoms with E-state index >= 15 is 0 Å². The average molecular weight is 533 g/mol. The lowest BCUT2D eigenvalue weighted by Crippen LogP contribution is -2.53. The van der Waals surface area contributed by atoms with Crippen LogP contribution >= 0.6 is 0 Å². The van der Waals surface area contributed by atoms with Gasteiger partial charge in [-0.15, -0.1) is 5.10 Å². The summed E-state index contributed by atoms with van der Waals surface area (Å²) in [5, 5.41) is 12.1. The molecule has 0 saturated carbocycles. The Morgan fingerprint density at radius 2 is 1.82 bits per heavy atom. The monoisotopic (exact) mass is 532 g/mol. The summed E-state index contributed by atoms with van der Waals surface area (Å²) in [4.78, 5) is 21.3. The van der Waals surface area contributed by atoms with Gasteiger partial charge in [0.1, 0.15) is 5.82 Å². The Morgan fingerprint density at radius 3 is 2.45 bits per heavy atom. The second-order valence-corrected chi connectivity index (χ2v) is 9.74. The molecule has 2 fully saturated rings. The minimum absolute atomic E-state index is 0.0514. The zero-order chi connectivity index (χ0) is 27.2. The van der Waals surface area contributed by atoms with Crippen LogP contribution in [0.25, 0.3) is 10.9 Å². The van der Waals surface area contributed by atoms with E-state index < -0.39 is 23.6 Å². The Labute approximate surface area is 217 Å². The van der Waals surface area contributed by atoms with Crippen LogP contribution in [0.5, 0.6) is 0 Å². The molecule has 2 aliphatic heterocycles. The average Bonchev–Trinajstić information content (AvgIpc) is 2.84. The molecule has 0 bridgehead atoms. The maximum Gasteiger partial charge on any atom is 0.419 e. The van der Waals surface area contributed by atoms with Gasteiger partial charge in [0.2, 0.25) is 5.91 Å². The lowest BCUT2D eigenvalue weighted by atomic mass is 10.0. The molecule has 4 heterocycles. The molecule has 38 heavy (non-hydrogen) atoms. The van der Waals surface area contributed by atoms with Crippen molar-refractivity contribution in [1.29, 1.82) is 0 Å². The fourth-order valence-corrected chi connectivity index (χ4v) is 4.89. The molecule has 202 valence electrons. The molecule has 0 spiro atoms. The second-order valence-electron chi connectivity index (χ2n) is 9.74. The van der Waals surface area contributed by atoms with Gasteiger partial charge in [0.15, 0.2) is 5.82 Å². The van der Waals surface area contributed by atoms with E-state index in [1.807, 2.05) is 17.9 Å². The molecular weight excluding hydrogens is 504 g/mol. The standard InChI is InChI=1S/C26H28F4N6O2/c1-14(18-5-4-6-20(22(18)27)26(28,29)30)32-24-19-11-21(15(2)31-23(19)16(3)33-34-24)35-7-9-36(10-8-35)25(37)17-12-38-13-17/h4-6,11,14,17H,7-10,12-13H2,1-3H3,(H,32,34)/t14-/m1/s1. The molecular formula is C26H28F4N6O2. The SMILES string of the molecule is Cc1nc2c(C)nnc(N[C@H](C)c3cccc(C(F)(F)F)c3F)c2cc1N1CCN(C(=O)C2COC2)CC1. The van der Waals surface area contributed by atoms with Crippen molar-refractivity contribution in [2.75, 3.05) is 49.6 Å². The lowest BCUT2D eigenvalue weighted by Gasteiger charge is -2.39. The molecule has 0 aliphatic carbocycles. The molecule has 0 radical (unpaired) electrons. The van der Waals surface area contributed by atoms with Crippen molar-refractivity contribution in [1.82, 2.24) is 20.1 Å². The highest BCUT2D eigenvalue weighted by Gasteiger charge is 2.36. The fourth-order valence-electron chi connectivity index (χ4n) is 4.89. The number of hydrogen-bond acceptors (Lipinski definition) is 7. The molecule has 3 aromatic rings. The van der Waals surface area contributed by atoms with Gasteiger partial charge in [-0.05, 0) is 32.9 Å². The van der Waals surface area contributed by atoms with Crippen LogP contribution in [0.2, 0.25) is 0 Å². The largest absolute Gasteiger partial charge is 0.419 e. The van der Waals surface area contributed by atoms with Crippen LogP contribution in [0.3, 0.4) is 0 Å². The van der Waals surface area contributed by atoms with Crippen molar-refractivity contribution >= 4 is 28.3 Å². The molecule has 1 atom stereocenters. The summed E-state index contributed by atoms with van der Waals surface area (Å²) in [6, 6.07) is 4.32. The van der Waals surface area contributed by atoms with Crippen LogP contribution in [-0.2, 0) is 15.7 Å². The van der Waals surface area contributed by atoms with Crippen LogP contribution in [0.4, 0.5) is 29.1 Å². The van der Waals surface area contributed by atoms with E-state index in [1.54, 1.807) is 13.8 Å². The number of aryl methyl sites for hydroxylation is 2. The van der Waals surface area contributed by atoms with Gasteiger partial charge in [-0.1, -0.05) is 12.1 Å². The number of pyridine rings is 1. The number of anilines is 2. The third-order valence-corrected chi connectivity index (χ3v) is 7.16. The highest BCUT2D eigenvalue weighted by atomic mass is 19.4. The minimum atomic E-state index is -4.80. The number of halogens is 4. The number of rotatable bonds is 5. The minimum Gasteiger partial charge on any atom is -0.380 e. The summed E-state index contributed by atoms with van der Waals surface area (Å²) >= 11 is 0. The van der Waals surface area contributed by atoms with Gasteiger partial charge in [-0.3, -0.25) is 4.79 Å². The van der Waals surface area contributed by atoms with Crippen molar-refractivity contribution in [2.24, 2.45) is 5.92 Å². The van der Waals surface area contributed by atoms with Crippen LogP contribution in [0.1, 0.15) is 35.5 Å². The molecule has 2 aliphatic rings. The number of carbonyl (C=O) groups excluding carboxylic acids is 1. The number of hydrogen-bond donors (Lipinski definition) is 1. The third kappa shape index (κ3) is 4.84. The van der Waals surface area contributed by atoms with Crippen LogP contribution < -0.4 is 10.2 Å². The summed E-state index contributed by atoms with van der Waals surface area (Å²) < 4.78 is 59.6. The molecule has 0 unspecified atom stereocenters. The van der Waals surface area contributed by atoms with Crippen molar-refractivity contribution in [3.63, 3.8) is 0 Å².